The largest absolute Gasteiger partial charge is 0.479 e. The average molecular weight is 454 g/mol. The number of nitrogens with zero attached hydrogens (tertiary/aromatic N) is 3. The van der Waals surface area contributed by atoms with Gasteiger partial charge in [0.15, 0.2) is 0 Å². The normalized spacial score (nSPS) is 10.2. The predicted octanol–water partition coefficient (Wildman–Crippen LogP) is 6.38. The first kappa shape index (κ1) is 28.7. The summed E-state index contributed by atoms with van der Waals surface area (Å²) in [5, 5.41) is 17.4. The minimum absolute atomic E-state index is 0.109. The molecule has 0 aliphatic carbocycles. The smallest absolute Gasteiger partial charge is 0.233 e. The fraction of sp³-hybridized carbons (Fsp3) is 0.826. The molecular formula is C23H39N3O2S2. The Bertz CT molecular complexity index is 512. The highest BCUT2D eigenvalue weighted by atomic mass is 32.2. The van der Waals surface area contributed by atoms with Crippen molar-refractivity contribution < 1.29 is 9.53 Å². The first-order valence-electron chi connectivity index (χ1n) is 11.5. The molecule has 0 rings (SSSR count). The van der Waals surface area contributed by atoms with E-state index in [-0.39, 0.29) is 24.5 Å². The van der Waals surface area contributed by atoms with Gasteiger partial charge < -0.3 is 9.64 Å². The van der Waals surface area contributed by atoms with Crippen LogP contribution in [0.5, 0.6) is 0 Å². The highest BCUT2D eigenvalue weighted by Crippen LogP contribution is 2.13. The van der Waals surface area contributed by atoms with Gasteiger partial charge in [-0.2, -0.15) is 10.5 Å². The molecule has 0 N–H and O–H groups in total. The molecule has 0 aliphatic heterocycles. The highest BCUT2D eigenvalue weighted by molar-refractivity contribution is 8.23. The Morgan fingerprint density at radius 2 is 1.33 bits per heavy atom. The van der Waals surface area contributed by atoms with Crippen LogP contribution in [0.1, 0.15) is 96.8 Å². The van der Waals surface area contributed by atoms with Crippen molar-refractivity contribution in [3.05, 3.63) is 0 Å². The zero-order valence-electron chi connectivity index (χ0n) is 18.7. The number of carbonyl (C=O) groups is 1. The first-order valence-corrected chi connectivity index (χ1v) is 12.9. The van der Waals surface area contributed by atoms with E-state index < -0.39 is 0 Å². The van der Waals surface area contributed by atoms with Gasteiger partial charge in [0.25, 0.3) is 0 Å². The molecule has 0 unspecified atom stereocenters. The fourth-order valence-electron chi connectivity index (χ4n) is 3.08. The van der Waals surface area contributed by atoms with Crippen LogP contribution in [-0.4, -0.2) is 40.6 Å². The standard InChI is InChI=1S/C23H39N3O2S2/c1-2-3-4-5-6-7-8-9-10-11-12-13-20-28-23(29)30-21-22(27)26(18-14-16-24)19-15-17-25/h2-15,18-21H2,1H3. The lowest BCUT2D eigenvalue weighted by Crippen LogP contribution is -2.34. The van der Waals surface area contributed by atoms with Crippen molar-refractivity contribution in [3.63, 3.8) is 0 Å². The van der Waals surface area contributed by atoms with E-state index >= 15 is 0 Å². The maximum Gasteiger partial charge on any atom is 0.233 e. The Hall–Kier alpha value is -1.31. The maximum atomic E-state index is 12.2. The van der Waals surface area contributed by atoms with Gasteiger partial charge in [0, 0.05) is 13.1 Å². The molecule has 0 atom stereocenters. The van der Waals surface area contributed by atoms with Crippen LogP contribution in [0.15, 0.2) is 0 Å². The summed E-state index contributed by atoms with van der Waals surface area (Å²) in [5.41, 5.74) is 0. The molecular weight excluding hydrogens is 414 g/mol. The molecule has 170 valence electrons. The molecule has 0 aromatic carbocycles. The minimum atomic E-state index is -0.109. The van der Waals surface area contributed by atoms with Crippen LogP contribution < -0.4 is 0 Å². The summed E-state index contributed by atoms with van der Waals surface area (Å²) in [6.45, 7) is 3.56. The fourth-order valence-corrected chi connectivity index (χ4v) is 3.93. The van der Waals surface area contributed by atoms with Gasteiger partial charge in [0.1, 0.15) is 0 Å². The van der Waals surface area contributed by atoms with Crippen LogP contribution in [-0.2, 0) is 9.53 Å². The molecule has 1 amide bonds. The molecule has 5 nitrogen and oxygen atoms in total. The number of hydrogen-bond donors (Lipinski definition) is 0. The number of thioether (sulfide) groups is 1. The van der Waals surface area contributed by atoms with E-state index in [4.69, 9.17) is 27.5 Å². The van der Waals surface area contributed by atoms with E-state index in [1.165, 1.54) is 76.0 Å². The topological polar surface area (TPSA) is 77.1 Å². The zero-order chi connectivity index (χ0) is 22.3. The van der Waals surface area contributed by atoms with Crippen molar-refractivity contribution in [1.29, 1.82) is 10.5 Å². The molecule has 0 heterocycles. The SMILES string of the molecule is CCCCCCCCCCCCCCOC(=S)SCC(=O)N(CCC#N)CCC#N. The summed E-state index contributed by atoms with van der Waals surface area (Å²) in [5.74, 6) is 0.0792. The van der Waals surface area contributed by atoms with E-state index in [0.717, 1.165) is 12.8 Å². The Morgan fingerprint density at radius 1 is 0.867 bits per heavy atom. The van der Waals surface area contributed by atoms with Crippen molar-refractivity contribution in [2.24, 2.45) is 0 Å². The van der Waals surface area contributed by atoms with E-state index in [1.54, 1.807) is 4.90 Å². The van der Waals surface area contributed by atoms with Gasteiger partial charge in [-0.3, -0.25) is 4.79 Å². The molecule has 30 heavy (non-hydrogen) atoms. The van der Waals surface area contributed by atoms with E-state index in [9.17, 15) is 4.79 Å². The van der Waals surface area contributed by atoms with Crippen molar-refractivity contribution in [3.8, 4) is 12.1 Å². The molecule has 0 fully saturated rings. The van der Waals surface area contributed by atoms with Gasteiger partial charge in [-0.1, -0.05) is 89.3 Å². The second-order valence-corrected chi connectivity index (χ2v) is 9.05. The molecule has 0 aliphatic rings. The molecule has 0 saturated heterocycles. The summed E-state index contributed by atoms with van der Waals surface area (Å²) in [7, 11) is 0. The summed E-state index contributed by atoms with van der Waals surface area (Å²) in [6, 6.07) is 4.06. The third-order valence-corrected chi connectivity index (χ3v) is 6.09. The quantitative estimate of drug-likeness (QED) is 0.167. The predicted molar refractivity (Wildman–Crippen MR) is 129 cm³/mol. The Labute approximate surface area is 193 Å². The lowest BCUT2D eigenvalue weighted by molar-refractivity contribution is -0.128. The summed E-state index contributed by atoms with van der Waals surface area (Å²) < 4.78 is 5.94. The number of amides is 1. The van der Waals surface area contributed by atoms with Crippen molar-refractivity contribution in [1.82, 2.24) is 4.90 Å². The van der Waals surface area contributed by atoms with Crippen LogP contribution in [0.25, 0.3) is 0 Å². The van der Waals surface area contributed by atoms with Crippen LogP contribution in [0.3, 0.4) is 0 Å². The van der Waals surface area contributed by atoms with Crippen LogP contribution in [0.2, 0.25) is 0 Å². The van der Waals surface area contributed by atoms with Gasteiger partial charge in [0.2, 0.25) is 10.3 Å². The second kappa shape index (κ2) is 22.4. The Balaban J connectivity index is 3.61. The van der Waals surface area contributed by atoms with E-state index in [0.29, 0.717) is 24.1 Å². The molecule has 0 aromatic heterocycles. The number of hydrogen-bond acceptors (Lipinski definition) is 6. The number of unbranched alkanes of at least 4 members (excludes halogenated alkanes) is 11. The minimum Gasteiger partial charge on any atom is -0.479 e. The lowest BCUT2D eigenvalue weighted by atomic mass is 10.1. The molecule has 0 saturated carbocycles. The van der Waals surface area contributed by atoms with Gasteiger partial charge in [-0.15, -0.1) is 0 Å². The molecule has 0 aromatic rings. The molecule has 0 radical (unpaired) electrons. The number of nitriles is 2. The second-order valence-electron chi connectivity index (χ2n) is 7.47. The third kappa shape index (κ3) is 18.7. The van der Waals surface area contributed by atoms with Crippen LogP contribution in [0, 0.1) is 22.7 Å². The Morgan fingerprint density at radius 3 is 1.80 bits per heavy atom. The summed E-state index contributed by atoms with van der Waals surface area (Å²) in [6.07, 6.45) is 16.1. The molecule has 7 heteroatoms. The highest BCUT2D eigenvalue weighted by Gasteiger charge is 2.14. The number of carbonyl (C=O) groups excluding carboxylic acids is 1. The van der Waals surface area contributed by atoms with Crippen molar-refractivity contribution in [2.75, 3.05) is 25.4 Å². The zero-order valence-corrected chi connectivity index (χ0v) is 20.3. The summed E-state index contributed by atoms with van der Waals surface area (Å²) in [4.78, 5) is 13.8. The molecule has 0 spiro atoms. The first-order chi connectivity index (χ1) is 14.7. The van der Waals surface area contributed by atoms with Gasteiger partial charge in [0.05, 0.1) is 37.3 Å². The maximum absolute atomic E-state index is 12.2. The lowest BCUT2D eigenvalue weighted by Gasteiger charge is -2.20. The van der Waals surface area contributed by atoms with E-state index in [1.807, 2.05) is 12.1 Å². The van der Waals surface area contributed by atoms with Crippen LogP contribution in [0.4, 0.5) is 0 Å². The molecule has 0 bridgehead atoms. The van der Waals surface area contributed by atoms with Crippen molar-refractivity contribution in [2.45, 2.75) is 96.8 Å². The van der Waals surface area contributed by atoms with E-state index in [2.05, 4.69) is 6.92 Å². The number of thiocarbonyl (C=S) groups is 1. The van der Waals surface area contributed by atoms with Crippen LogP contribution >= 0.6 is 24.0 Å². The average Bonchev–Trinajstić information content (AvgIpc) is 2.75. The van der Waals surface area contributed by atoms with Gasteiger partial charge >= 0.3 is 0 Å². The number of rotatable bonds is 19. The summed E-state index contributed by atoms with van der Waals surface area (Å²) >= 11 is 6.40. The van der Waals surface area contributed by atoms with Gasteiger partial charge in [-0.05, 0) is 18.6 Å². The van der Waals surface area contributed by atoms with Crippen molar-refractivity contribution >= 4 is 34.3 Å². The van der Waals surface area contributed by atoms with Gasteiger partial charge in [-0.25, -0.2) is 0 Å². The Kier molecular flexibility index (Phi) is 21.4. The monoisotopic (exact) mass is 453 g/mol. The number of ether oxygens (including phenoxy) is 1. The third-order valence-electron chi connectivity index (χ3n) is 4.87.